The van der Waals surface area contributed by atoms with Crippen LogP contribution in [0, 0.1) is 0 Å². The molecule has 0 aliphatic carbocycles. The molecule has 126 valence electrons. The van der Waals surface area contributed by atoms with Crippen molar-refractivity contribution in [1.82, 2.24) is 10.2 Å². The highest BCUT2D eigenvalue weighted by molar-refractivity contribution is 7.17. The maximum Gasteiger partial charge on any atom is 0.222 e. The van der Waals surface area contributed by atoms with Gasteiger partial charge < -0.3 is 10.2 Å². The topological polar surface area (TPSA) is 32.3 Å². The number of thiophene rings is 1. The molecule has 3 nitrogen and oxygen atoms in total. The lowest BCUT2D eigenvalue weighted by molar-refractivity contribution is -0.132. The average Bonchev–Trinajstić information content (AvgIpc) is 2.98. The number of carbonyl (C=O) groups is 1. The van der Waals surface area contributed by atoms with Crippen LogP contribution in [-0.4, -0.2) is 37.0 Å². The van der Waals surface area contributed by atoms with Crippen molar-refractivity contribution in [3.63, 3.8) is 0 Å². The van der Waals surface area contributed by atoms with Crippen molar-refractivity contribution in [2.45, 2.75) is 38.1 Å². The molecule has 1 aromatic heterocycles. The summed E-state index contributed by atoms with van der Waals surface area (Å²) in [4.78, 5) is 14.4. The molecular formula is C18H25ClN2OS. The number of halogens is 1. The van der Waals surface area contributed by atoms with E-state index in [-0.39, 0.29) is 12.4 Å². The van der Waals surface area contributed by atoms with Gasteiger partial charge in [0.1, 0.15) is 0 Å². The Morgan fingerprint density at radius 1 is 1.39 bits per heavy atom. The molecule has 1 amide bonds. The number of nitrogens with zero attached hydrogens (tertiary/aromatic N) is 1. The Morgan fingerprint density at radius 2 is 2.22 bits per heavy atom. The molecule has 0 spiro atoms. The molecule has 1 saturated heterocycles. The van der Waals surface area contributed by atoms with E-state index in [1.165, 1.54) is 22.1 Å². The Labute approximate surface area is 148 Å². The van der Waals surface area contributed by atoms with Crippen LogP contribution in [-0.2, 0) is 11.2 Å². The van der Waals surface area contributed by atoms with Crippen LogP contribution in [0.2, 0.25) is 0 Å². The van der Waals surface area contributed by atoms with Crippen LogP contribution in [0.4, 0.5) is 0 Å². The van der Waals surface area contributed by atoms with E-state index < -0.39 is 0 Å². The van der Waals surface area contributed by atoms with Gasteiger partial charge in [-0.05, 0) is 55.1 Å². The van der Waals surface area contributed by atoms with E-state index in [2.05, 4.69) is 35.0 Å². The second kappa shape index (κ2) is 8.67. The fraction of sp³-hybridized carbons (Fsp3) is 0.500. The number of hydrogen-bond acceptors (Lipinski definition) is 3. The van der Waals surface area contributed by atoms with Crippen LogP contribution in [0.15, 0.2) is 29.6 Å². The van der Waals surface area contributed by atoms with Crippen LogP contribution in [0.3, 0.4) is 0 Å². The fourth-order valence-corrected chi connectivity index (χ4v) is 4.25. The minimum Gasteiger partial charge on any atom is -0.341 e. The molecule has 1 aromatic carbocycles. The second-order valence-electron chi connectivity index (χ2n) is 6.08. The summed E-state index contributed by atoms with van der Waals surface area (Å²) in [6.45, 7) is 1.80. The van der Waals surface area contributed by atoms with E-state index in [0.717, 1.165) is 32.4 Å². The standard InChI is InChI=1S/C18H24N2OS.ClH/c1-19-15-7-5-11-20(12-15)18(21)10-4-6-14-13-22-17-9-3-2-8-16(14)17;/h2-3,8-9,13,15,19H,4-7,10-12H2,1H3;1H. The highest BCUT2D eigenvalue weighted by atomic mass is 35.5. The van der Waals surface area contributed by atoms with Gasteiger partial charge in [0.15, 0.2) is 0 Å². The molecule has 1 aliphatic rings. The Bertz CT molecular complexity index is 643. The number of rotatable bonds is 5. The van der Waals surface area contributed by atoms with E-state index >= 15 is 0 Å². The Kier molecular flexibility index (Phi) is 6.88. The van der Waals surface area contributed by atoms with Gasteiger partial charge in [0.2, 0.25) is 5.91 Å². The average molecular weight is 353 g/mol. The summed E-state index contributed by atoms with van der Waals surface area (Å²) in [5.41, 5.74) is 1.39. The van der Waals surface area contributed by atoms with Crippen molar-refractivity contribution in [3.8, 4) is 0 Å². The Hall–Kier alpha value is -1.10. The zero-order chi connectivity index (χ0) is 15.4. The van der Waals surface area contributed by atoms with Crippen molar-refractivity contribution < 1.29 is 4.79 Å². The van der Waals surface area contributed by atoms with Gasteiger partial charge in [0.25, 0.3) is 0 Å². The zero-order valence-corrected chi connectivity index (χ0v) is 15.2. The number of nitrogens with one attached hydrogen (secondary N) is 1. The highest BCUT2D eigenvalue weighted by Gasteiger charge is 2.22. The first-order valence-corrected chi connectivity index (χ1v) is 9.06. The smallest absolute Gasteiger partial charge is 0.222 e. The summed E-state index contributed by atoms with van der Waals surface area (Å²) < 4.78 is 1.34. The van der Waals surface area contributed by atoms with Crippen LogP contribution >= 0.6 is 23.7 Å². The van der Waals surface area contributed by atoms with Gasteiger partial charge >= 0.3 is 0 Å². The normalized spacial score (nSPS) is 18.0. The van der Waals surface area contributed by atoms with Gasteiger partial charge in [-0.2, -0.15) is 0 Å². The lowest BCUT2D eigenvalue weighted by Gasteiger charge is -2.32. The van der Waals surface area contributed by atoms with Crippen LogP contribution in [0.1, 0.15) is 31.2 Å². The molecule has 23 heavy (non-hydrogen) atoms. The van der Waals surface area contributed by atoms with Crippen molar-refractivity contribution in [1.29, 1.82) is 0 Å². The fourth-order valence-electron chi connectivity index (χ4n) is 3.25. The molecule has 1 N–H and O–H groups in total. The predicted octanol–water partition coefficient (Wildman–Crippen LogP) is 3.86. The van der Waals surface area contributed by atoms with E-state index in [1.54, 1.807) is 11.3 Å². The van der Waals surface area contributed by atoms with E-state index in [4.69, 9.17) is 0 Å². The summed E-state index contributed by atoms with van der Waals surface area (Å²) in [5, 5.41) is 6.89. The predicted molar refractivity (Wildman–Crippen MR) is 101 cm³/mol. The highest BCUT2D eigenvalue weighted by Crippen LogP contribution is 2.26. The SMILES string of the molecule is CNC1CCCN(C(=O)CCCc2csc3ccccc23)C1.Cl. The van der Waals surface area contributed by atoms with Gasteiger partial charge in [-0.1, -0.05) is 18.2 Å². The number of aryl methyl sites for hydroxylation is 1. The molecule has 1 atom stereocenters. The third-order valence-corrected chi connectivity index (χ3v) is 5.59. The van der Waals surface area contributed by atoms with Crippen LogP contribution in [0.5, 0.6) is 0 Å². The summed E-state index contributed by atoms with van der Waals surface area (Å²) in [5.74, 6) is 0.319. The summed E-state index contributed by atoms with van der Waals surface area (Å²) >= 11 is 1.80. The zero-order valence-electron chi connectivity index (χ0n) is 13.6. The first-order valence-electron chi connectivity index (χ1n) is 8.18. The molecule has 0 bridgehead atoms. The molecular weight excluding hydrogens is 328 g/mol. The van der Waals surface area contributed by atoms with Crippen molar-refractivity contribution in [2.75, 3.05) is 20.1 Å². The Morgan fingerprint density at radius 3 is 3.04 bits per heavy atom. The van der Waals surface area contributed by atoms with Crippen LogP contribution < -0.4 is 5.32 Å². The molecule has 1 fully saturated rings. The quantitative estimate of drug-likeness (QED) is 0.886. The molecule has 5 heteroatoms. The van der Waals surface area contributed by atoms with Gasteiger partial charge in [-0.3, -0.25) is 4.79 Å². The first-order chi connectivity index (χ1) is 10.8. The Balaban J connectivity index is 0.00000192. The lowest BCUT2D eigenvalue weighted by Crippen LogP contribution is -2.46. The largest absolute Gasteiger partial charge is 0.341 e. The van der Waals surface area contributed by atoms with Crippen molar-refractivity contribution >= 4 is 39.7 Å². The number of piperidine rings is 1. The third-order valence-electron chi connectivity index (χ3n) is 4.58. The number of fused-ring (bicyclic) bond motifs is 1. The van der Waals surface area contributed by atoms with Gasteiger partial charge in [0.05, 0.1) is 0 Å². The van der Waals surface area contributed by atoms with E-state index in [0.29, 0.717) is 18.4 Å². The third kappa shape index (κ3) is 4.46. The number of benzene rings is 1. The summed E-state index contributed by atoms with van der Waals surface area (Å²) in [6.07, 6.45) is 4.91. The number of hydrogen-bond donors (Lipinski definition) is 1. The summed E-state index contributed by atoms with van der Waals surface area (Å²) in [6, 6.07) is 9.00. The van der Waals surface area contributed by atoms with Gasteiger partial charge in [0, 0.05) is 30.3 Å². The monoisotopic (exact) mass is 352 g/mol. The number of likely N-dealkylation sites (tertiary alicyclic amines) is 1. The van der Waals surface area contributed by atoms with Crippen molar-refractivity contribution in [3.05, 3.63) is 35.2 Å². The van der Waals surface area contributed by atoms with E-state index in [1.807, 2.05) is 11.9 Å². The van der Waals surface area contributed by atoms with E-state index in [9.17, 15) is 4.79 Å². The van der Waals surface area contributed by atoms with Gasteiger partial charge in [-0.15, -0.1) is 23.7 Å². The lowest BCUT2D eigenvalue weighted by atomic mass is 10.0. The number of likely N-dealkylation sites (N-methyl/N-ethyl adjacent to an activating group) is 1. The number of amides is 1. The molecule has 2 aromatic rings. The molecule has 2 heterocycles. The molecule has 0 saturated carbocycles. The first kappa shape index (κ1) is 18.2. The molecule has 1 unspecified atom stereocenters. The maximum absolute atomic E-state index is 12.4. The maximum atomic E-state index is 12.4. The molecule has 0 radical (unpaired) electrons. The summed E-state index contributed by atoms with van der Waals surface area (Å²) in [7, 11) is 1.99. The minimum absolute atomic E-state index is 0. The minimum atomic E-state index is 0. The molecule has 1 aliphatic heterocycles. The van der Waals surface area contributed by atoms with Crippen LogP contribution in [0.25, 0.3) is 10.1 Å². The number of carbonyl (C=O) groups excluding carboxylic acids is 1. The van der Waals surface area contributed by atoms with Crippen molar-refractivity contribution in [2.24, 2.45) is 0 Å². The second-order valence-corrected chi connectivity index (χ2v) is 6.99. The molecule has 3 rings (SSSR count). The van der Waals surface area contributed by atoms with Gasteiger partial charge in [-0.25, -0.2) is 0 Å².